The molecule has 0 atom stereocenters. The normalized spacial score (nSPS) is 12.5. The Morgan fingerprint density at radius 1 is 1.41 bits per heavy atom. The van der Waals surface area contributed by atoms with Crippen LogP contribution in [0.5, 0.6) is 5.75 Å². The quantitative estimate of drug-likeness (QED) is 0.539. The van der Waals surface area contributed by atoms with Gasteiger partial charge in [0.25, 0.3) is 10.1 Å². The van der Waals surface area contributed by atoms with Gasteiger partial charge in [-0.15, -0.1) is 0 Å². The van der Waals surface area contributed by atoms with Crippen molar-refractivity contribution < 1.29 is 22.9 Å². The van der Waals surface area contributed by atoms with Crippen molar-refractivity contribution in [1.82, 2.24) is 0 Å². The van der Waals surface area contributed by atoms with Gasteiger partial charge < -0.3 is 10.8 Å². The molecule has 0 unspecified atom stereocenters. The highest BCUT2D eigenvalue weighted by atomic mass is 32.2. The van der Waals surface area contributed by atoms with Crippen molar-refractivity contribution in [2.75, 3.05) is 0 Å². The second kappa shape index (κ2) is 4.56. The molecule has 0 aliphatic carbocycles. The molecular weight excluding hydrogens is 246 g/mol. The first-order chi connectivity index (χ1) is 7.73. The first-order valence-electron chi connectivity index (χ1n) is 4.51. The Hall–Kier alpha value is -1.86. The van der Waals surface area contributed by atoms with Crippen LogP contribution in [0, 0.1) is 0 Å². The molecule has 0 radical (unpaired) electrons. The van der Waals surface area contributed by atoms with Gasteiger partial charge in [-0.1, -0.05) is 12.1 Å². The van der Waals surface area contributed by atoms with E-state index in [-0.39, 0.29) is 11.1 Å². The van der Waals surface area contributed by atoms with Gasteiger partial charge in [0.2, 0.25) is 5.91 Å². The number of hydrogen-bond acceptors (Lipinski definition) is 4. The number of primary amides is 1. The largest absolute Gasteiger partial charge is 0.506 e. The lowest BCUT2D eigenvalue weighted by molar-refractivity contribution is -0.114. The Balaban J connectivity index is 3.52. The summed E-state index contributed by atoms with van der Waals surface area (Å²) >= 11 is 0. The minimum Gasteiger partial charge on any atom is -0.506 e. The molecule has 0 aliphatic rings. The molecule has 7 heteroatoms. The highest BCUT2D eigenvalue weighted by Crippen LogP contribution is 2.27. The zero-order valence-corrected chi connectivity index (χ0v) is 9.73. The van der Waals surface area contributed by atoms with E-state index in [1.807, 2.05) is 0 Å². The second-order valence-electron chi connectivity index (χ2n) is 3.36. The van der Waals surface area contributed by atoms with Crippen LogP contribution in [-0.2, 0) is 14.9 Å². The number of carbonyl (C=O) groups excluding carboxylic acids is 1. The molecule has 6 nitrogen and oxygen atoms in total. The Labute approximate surface area is 98.1 Å². The third kappa shape index (κ3) is 3.05. The topological polar surface area (TPSA) is 118 Å². The standard InChI is InChI=1S/C10H11NO5S/c1-6(10(11)13)5-7-3-2-4-8(12)9(7)17(14,15)16/h2-5,12H,1H3,(H2,11,13)(H,14,15,16). The molecule has 17 heavy (non-hydrogen) atoms. The number of benzene rings is 1. The number of rotatable bonds is 3. The van der Waals surface area contributed by atoms with E-state index in [0.717, 1.165) is 6.07 Å². The average Bonchev–Trinajstić information content (AvgIpc) is 2.15. The molecule has 0 saturated carbocycles. The van der Waals surface area contributed by atoms with Gasteiger partial charge >= 0.3 is 0 Å². The van der Waals surface area contributed by atoms with Crippen molar-refractivity contribution in [3.63, 3.8) is 0 Å². The summed E-state index contributed by atoms with van der Waals surface area (Å²) in [4.78, 5) is 10.2. The number of amides is 1. The highest BCUT2D eigenvalue weighted by molar-refractivity contribution is 7.86. The fraction of sp³-hybridized carbons (Fsp3) is 0.100. The summed E-state index contributed by atoms with van der Waals surface area (Å²) in [5.74, 6) is -1.33. The fourth-order valence-electron chi connectivity index (χ4n) is 1.24. The van der Waals surface area contributed by atoms with Crippen molar-refractivity contribution in [3.8, 4) is 5.75 Å². The molecule has 1 aromatic rings. The number of phenolic OH excluding ortho intramolecular Hbond substituents is 1. The third-order valence-corrected chi connectivity index (χ3v) is 3.00. The van der Waals surface area contributed by atoms with Crippen LogP contribution in [0.4, 0.5) is 0 Å². The van der Waals surface area contributed by atoms with Crippen LogP contribution in [0.15, 0.2) is 28.7 Å². The van der Waals surface area contributed by atoms with Crippen LogP contribution in [-0.4, -0.2) is 24.0 Å². The molecule has 0 aromatic heterocycles. The Kier molecular flexibility index (Phi) is 3.54. The van der Waals surface area contributed by atoms with Crippen LogP contribution >= 0.6 is 0 Å². The summed E-state index contributed by atoms with van der Waals surface area (Å²) in [7, 11) is -4.58. The van der Waals surface area contributed by atoms with Crippen LogP contribution in [0.1, 0.15) is 12.5 Å². The number of phenols is 1. The molecule has 4 N–H and O–H groups in total. The summed E-state index contributed by atoms with van der Waals surface area (Å²) in [5.41, 5.74) is 5.09. The van der Waals surface area contributed by atoms with E-state index in [2.05, 4.69) is 0 Å². The van der Waals surface area contributed by atoms with Crippen molar-refractivity contribution in [2.24, 2.45) is 5.73 Å². The highest BCUT2D eigenvalue weighted by Gasteiger charge is 2.19. The van der Waals surface area contributed by atoms with Gasteiger partial charge in [0.15, 0.2) is 0 Å². The first-order valence-corrected chi connectivity index (χ1v) is 5.95. The van der Waals surface area contributed by atoms with E-state index in [0.29, 0.717) is 0 Å². The van der Waals surface area contributed by atoms with Gasteiger partial charge in [0.05, 0.1) is 0 Å². The molecule has 0 heterocycles. The molecular formula is C10H11NO5S. The van der Waals surface area contributed by atoms with Gasteiger partial charge in [0.1, 0.15) is 10.6 Å². The number of carbonyl (C=O) groups is 1. The monoisotopic (exact) mass is 257 g/mol. The Morgan fingerprint density at radius 3 is 2.47 bits per heavy atom. The molecule has 1 amide bonds. The number of hydrogen-bond donors (Lipinski definition) is 3. The van der Waals surface area contributed by atoms with E-state index in [1.54, 1.807) is 0 Å². The number of aromatic hydroxyl groups is 1. The first kappa shape index (κ1) is 13.2. The maximum atomic E-state index is 11.1. The van der Waals surface area contributed by atoms with Gasteiger partial charge in [-0.05, 0) is 24.6 Å². The van der Waals surface area contributed by atoms with Gasteiger partial charge in [-0.25, -0.2) is 0 Å². The lowest BCUT2D eigenvalue weighted by Crippen LogP contribution is -2.11. The summed E-state index contributed by atoms with van der Waals surface area (Å²) in [6.07, 6.45) is 1.17. The zero-order chi connectivity index (χ0) is 13.2. The van der Waals surface area contributed by atoms with Crippen LogP contribution in [0.25, 0.3) is 6.08 Å². The second-order valence-corrected chi connectivity index (χ2v) is 4.72. The average molecular weight is 257 g/mol. The predicted octanol–water partition coefficient (Wildman–Crippen LogP) is 0.528. The van der Waals surface area contributed by atoms with E-state index in [9.17, 15) is 18.3 Å². The van der Waals surface area contributed by atoms with Gasteiger partial charge in [0, 0.05) is 5.57 Å². The molecule has 1 rings (SSSR count). The van der Waals surface area contributed by atoms with E-state index in [1.165, 1.54) is 25.1 Å². The van der Waals surface area contributed by atoms with Crippen molar-refractivity contribution in [1.29, 1.82) is 0 Å². The van der Waals surface area contributed by atoms with Crippen molar-refractivity contribution in [3.05, 3.63) is 29.3 Å². The summed E-state index contributed by atoms with van der Waals surface area (Å²) in [6, 6.07) is 3.82. The minimum atomic E-state index is -4.58. The van der Waals surface area contributed by atoms with Crippen LogP contribution < -0.4 is 5.73 Å². The van der Waals surface area contributed by atoms with Crippen LogP contribution in [0.3, 0.4) is 0 Å². The summed E-state index contributed by atoms with van der Waals surface area (Å²) in [6.45, 7) is 1.39. The van der Waals surface area contributed by atoms with E-state index in [4.69, 9.17) is 10.3 Å². The van der Waals surface area contributed by atoms with E-state index >= 15 is 0 Å². The summed E-state index contributed by atoms with van der Waals surface area (Å²) < 4.78 is 31.1. The van der Waals surface area contributed by atoms with Crippen molar-refractivity contribution >= 4 is 22.1 Å². The fourth-order valence-corrected chi connectivity index (χ4v) is 2.00. The summed E-state index contributed by atoms with van der Waals surface area (Å²) in [5, 5.41) is 9.39. The third-order valence-electron chi connectivity index (χ3n) is 2.04. The minimum absolute atomic E-state index is 0.0104. The van der Waals surface area contributed by atoms with E-state index < -0.39 is 26.7 Å². The predicted molar refractivity (Wildman–Crippen MR) is 60.8 cm³/mol. The molecule has 0 fully saturated rings. The maximum absolute atomic E-state index is 11.1. The maximum Gasteiger partial charge on any atom is 0.298 e. The number of nitrogens with two attached hydrogens (primary N) is 1. The Morgan fingerprint density at radius 2 is 2.00 bits per heavy atom. The SMILES string of the molecule is CC(=Cc1cccc(O)c1S(=O)(=O)O)C(N)=O. The smallest absolute Gasteiger partial charge is 0.298 e. The molecule has 92 valence electrons. The van der Waals surface area contributed by atoms with Crippen LogP contribution in [0.2, 0.25) is 0 Å². The molecule has 0 spiro atoms. The Bertz CT molecular complexity index is 589. The molecule has 0 bridgehead atoms. The molecule has 0 saturated heterocycles. The van der Waals surface area contributed by atoms with Gasteiger partial charge in [-0.3, -0.25) is 9.35 Å². The lowest BCUT2D eigenvalue weighted by atomic mass is 10.1. The van der Waals surface area contributed by atoms with Gasteiger partial charge in [-0.2, -0.15) is 8.42 Å². The molecule has 0 aliphatic heterocycles. The zero-order valence-electron chi connectivity index (χ0n) is 8.91. The van der Waals surface area contributed by atoms with Crippen molar-refractivity contribution in [2.45, 2.75) is 11.8 Å². The molecule has 1 aromatic carbocycles. The lowest BCUT2D eigenvalue weighted by Gasteiger charge is -2.05.